The minimum atomic E-state index is -3.51. The van der Waals surface area contributed by atoms with Crippen LogP contribution in [0.4, 0.5) is 0 Å². The predicted molar refractivity (Wildman–Crippen MR) is 58.8 cm³/mol. The molecule has 6 heteroatoms. The predicted octanol–water partition coefficient (Wildman–Crippen LogP) is 0.0654. The van der Waals surface area contributed by atoms with Crippen LogP contribution in [0.25, 0.3) is 5.70 Å². The van der Waals surface area contributed by atoms with Gasteiger partial charge in [0.1, 0.15) is 0 Å². The summed E-state index contributed by atoms with van der Waals surface area (Å²) < 4.78 is 25.6. The van der Waals surface area contributed by atoms with Crippen molar-refractivity contribution >= 4 is 21.6 Å². The number of amides is 1. The molecule has 0 saturated heterocycles. The zero-order valence-electron chi connectivity index (χ0n) is 8.52. The molecule has 1 heterocycles. The van der Waals surface area contributed by atoms with Crippen LogP contribution in [0.1, 0.15) is 5.56 Å². The van der Waals surface area contributed by atoms with Crippen LogP contribution in [-0.4, -0.2) is 21.4 Å². The molecule has 16 heavy (non-hydrogen) atoms. The van der Waals surface area contributed by atoms with Crippen LogP contribution in [0, 0.1) is 0 Å². The molecule has 2 N–H and O–H groups in total. The average Bonchev–Trinajstić information content (AvgIpc) is 2.51. The van der Waals surface area contributed by atoms with Crippen LogP contribution in [-0.2, 0) is 14.8 Å². The third-order valence-electron chi connectivity index (χ3n) is 2.23. The molecule has 0 saturated carbocycles. The van der Waals surface area contributed by atoms with Crippen molar-refractivity contribution in [3.05, 3.63) is 35.9 Å². The van der Waals surface area contributed by atoms with Gasteiger partial charge < -0.3 is 5.32 Å². The number of nitrogens with one attached hydrogen (secondary N) is 2. The number of rotatable bonds is 1. The van der Waals surface area contributed by atoms with E-state index in [9.17, 15) is 13.2 Å². The summed E-state index contributed by atoms with van der Waals surface area (Å²) in [5.74, 6) is -0.352. The average molecular weight is 238 g/mol. The van der Waals surface area contributed by atoms with E-state index >= 15 is 0 Å². The molecule has 2 rings (SSSR count). The molecular weight excluding hydrogens is 228 g/mol. The summed E-state index contributed by atoms with van der Waals surface area (Å²) >= 11 is 0. The van der Waals surface area contributed by atoms with Gasteiger partial charge in [0.2, 0.25) is 5.91 Å². The highest BCUT2D eigenvalue weighted by Crippen LogP contribution is 2.29. The first kappa shape index (κ1) is 10.7. The lowest BCUT2D eigenvalue weighted by Crippen LogP contribution is -2.18. The van der Waals surface area contributed by atoms with E-state index in [1.54, 1.807) is 18.2 Å². The Hall–Kier alpha value is -1.82. The fraction of sp³-hybridized carbons (Fsp3) is 0.100. The van der Waals surface area contributed by atoms with Crippen LogP contribution < -0.4 is 10.0 Å². The molecule has 5 nitrogen and oxygen atoms in total. The molecule has 1 aromatic carbocycles. The molecule has 0 bridgehead atoms. The number of hydrogen-bond acceptors (Lipinski definition) is 3. The Balaban J connectivity index is 2.57. The maximum atomic E-state index is 11.6. The maximum Gasteiger partial charge on any atom is 0.262 e. The Morgan fingerprint density at radius 1 is 1.38 bits per heavy atom. The number of likely N-dealkylation sites (N-methyl/N-ethyl adjacent to an activating group) is 1. The second-order valence-electron chi connectivity index (χ2n) is 3.27. The SMILES string of the molecule is CNC(=O)/C=C1\NS(=O)(=O)c2ccccc21. The summed E-state index contributed by atoms with van der Waals surface area (Å²) in [4.78, 5) is 11.4. The standard InChI is InChI=1S/C10H10N2O3S/c1-11-10(13)6-8-7-4-2-3-5-9(7)16(14,15)12-8/h2-6,12H,1H3,(H,11,13)/b8-6-. The van der Waals surface area contributed by atoms with Gasteiger partial charge in [0.25, 0.3) is 10.0 Å². The van der Waals surface area contributed by atoms with Gasteiger partial charge in [-0.05, 0) is 6.07 Å². The van der Waals surface area contributed by atoms with E-state index in [4.69, 9.17) is 0 Å². The molecule has 1 aliphatic heterocycles. The summed E-state index contributed by atoms with van der Waals surface area (Å²) in [6.07, 6.45) is 1.23. The van der Waals surface area contributed by atoms with Crippen molar-refractivity contribution < 1.29 is 13.2 Å². The zero-order chi connectivity index (χ0) is 11.8. The quantitative estimate of drug-likeness (QED) is 0.680. The van der Waals surface area contributed by atoms with Crippen molar-refractivity contribution in [3.8, 4) is 0 Å². The minimum Gasteiger partial charge on any atom is -0.356 e. The molecule has 1 amide bonds. The molecule has 1 aliphatic rings. The van der Waals surface area contributed by atoms with Gasteiger partial charge in [0.05, 0.1) is 10.6 Å². The number of sulfonamides is 1. The highest BCUT2D eigenvalue weighted by molar-refractivity contribution is 7.90. The van der Waals surface area contributed by atoms with Crippen LogP contribution in [0.2, 0.25) is 0 Å². The lowest BCUT2D eigenvalue weighted by Gasteiger charge is -1.98. The fourth-order valence-corrected chi connectivity index (χ4v) is 2.78. The lowest BCUT2D eigenvalue weighted by atomic mass is 10.1. The van der Waals surface area contributed by atoms with E-state index in [0.717, 1.165) is 0 Å². The number of hydrogen-bond donors (Lipinski definition) is 2. The number of fused-ring (bicyclic) bond motifs is 1. The summed E-state index contributed by atoms with van der Waals surface area (Å²) in [5, 5.41) is 2.40. The van der Waals surface area contributed by atoms with Gasteiger partial charge in [0.15, 0.2) is 0 Å². The summed E-state index contributed by atoms with van der Waals surface area (Å²) in [6, 6.07) is 6.52. The summed E-state index contributed by atoms with van der Waals surface area (Å²) in [6.45, 7) is 0. The van der Waals surface area contributed by atoms with Crippen LogP contribution in [0.15, 0.2) is 35.2 Å². The number of carbonyl (C=O) groups excluding carboxylic acids is 1. The molecule has 0 unspecified atom stereocenters. The van der Waals surface area contributed by atoms with Crippen molar-refractivity contribution in [2.75, 3.05) is 7.05 Å². The Morgan fingerprint density at radius 3 is 2.75 bits per heavy atom. The molecule has 0 aromatic heterocycles. The van der Waals surface area contributed by atoms with Crippen molar-refractivity contribution in [2.24, 2.45) is 0 Å². The summed E-state index contributed by atoms with van der Waals surface area (Å²) in [7, 11) is -2.03. The Bertz CT molecular complexity index is 575. The Morgan fingerprint density at radius 2 is 2.06 bits per heavy atom. The van der Waals surface area contributed by atoms with Crippen LogP contribution >= 0.6 is 0 Å². The monoisotopic (exact) mass is 238 g/mol. The minimum absolute atomic E-state index is 0.199. The smallest absolute Gasteiger partial charge is 0.262 e. The molecule has 0 radical (unpaired) electrons. The second-order valence-corrected chi connectivity index (χ2v) is 4.92. The van der Waals surface area contributed by atoms with E-state index in [1.807, 2.05) is 0 Å². The third-order valence-corrected chi connectivity index (χ3v) is 3.66. The van der Waals surface area contributed by atoms with Gasteiger partial charge in [-0.3, -0.25) is 9.52 Å². The van der Waals surface area contributed by atoms with E-state index in [0.29, 0.717) is 11.3 Å². The van der Waals surface area contributed by atoms with Gasteiger partial charge in [-0.1, -0.05) is 18.2 Å². The van der Waals surface area contributed by atoms with Crippen molar-refractivity contribution in [1.29, 1.82) is 0 Å². The Kier molecular flexibility index (Phi) is 2.43. The Labute approximate surface area is 93.2 Å². The zero-order valence-corrected chi connectivity index (χ0v) is 9.34. The van der Waals surface area contributed by atoms with E-state index in [1.165, 1.54) is 19.2 Å². The second kappa shape index (κ2) is 3.64. The normalized spacial score (nSPS) is 18.9. The first-order valence-electron chi connectivity index (χ1n) is 4.60. The maximum absolute atomic E-state index is 11.6. The summed E-state index contributed by atoms with van der Waals surface area (Å²) in [5.41, 5.74) is 0.820. The van der Waals surface area contributed by atoms with Gasteiger partial charge in [-0.25, -0.2) is 8.42 Å². The number of benzene rings is 1. The van der Waals surface area contributed by atoms with Crippen molar-refractivity contribution in [1.82, 2.24) is 10.0 Å². The van der Waals surface area contributed by atoms with E-state index in [-0.39, 0.29) is 10.8 Å². The van der Waals surface area contributed by atoms with Gasteiger partial charge in [-0.2, -0.15) is 0 Å². The van der Waals surface area contributed by atoms with Crippen molar-refractivity contribution in [3.63, 3.8) is 0 Å². The third kappa shape index (κ3) is 1.67. The van der Waals surface area contributed by atoms with E-state index in [2.05, 4.69) is 10.0 Å². The van der Waals surface area contributed by atoms with E-state index < -0.39 is 10.0 Å². The van der Waals surface area contributed by atoms with Crippen molar-refractivity contribution in [2.45, 2.75) is 4.90 Å². The lowest BCUT2D eigenvalue weighted by molar-refractivity contribution is -0.116. The number of carbonyl (C=O) groups is 1. The van der Waals surface area contributed by atoms with Gasteiger partial charge in [0, 0.05) is 18.7 Å². The van der Waals surface area contributed by atoms with Gasteiger partial charge >= 0.3 is 0 Å². The molecule has 0 atom stereocenters. The molecule has 1 aromatic rings. The van der Waals surface area contributed by atoms with Crippen LogP contribution in [0.3, 0.4) is 0 Å². The highest BCUT2D eigenvalue weighted by atomic mass is 32.2. The topological polar surface area (TPSA) is 75.3 Å². The largest absolute Gasteiger partial charge is 0.356 e. The van der Waals surface area contributed by atoms with Crippen LogP contribution in [0.5, 0.6) is 0 Å². The molecule has 0 fully saturated rings. The molecule has 0 spiro atoms. The molecule has 84 valence electrons. The first-order chi connectivity index (χ1) is 7.54. The molecule has 0 aliphatic carbocycles. The highest BCUT2D eigenvalue weighted by Gasteiger charge is 2.29. The first-order valence-corrected chi connectivity index (χ1v) is 6.08. The molecular formula is C10H10N2O3S. The fourth-order valence-electron chi connectivity index (χ4n) is 1.49. The van der Waals surface area contributed by atoms with Gasteiger partial charge in [-0.15, -0.1) is 0 Å².